The van der Waals surface area contributed by atoms with Gasteiger partial charge in [-0.2, -0.15) is 5.09 Å². The van der Waals surface area contributed by atoms with E-state index in [0.29, 0.717) is 0 Å². The van der Waals surface area contributed by atoms with Crippen LogP contribution in [0, 0.1) is 0 Å². The Balaban J connectivity index is 1.71. The number of rotatable bonds is 10. The molecular formula is C21H28N3O9P. The molecule has 1 fully saturated rings. The Morgan fingerprint density at radius 1 is 1.26 bits per heavy atom. The summed E-state index contributed by atoms with van der Waals surface area (Å²) >= 11 is 0. The number of para-hydroxylation sites is 1. The van der Waals surface area contributed by atoms with Gasteiger partial charge in [0.25, 0.3) is 5.56 Å². The highest BCUT2D eigenvalue weighted by atomic mass is 31.2. The van der Waals surface area contributed by atoms with Crippen molar-refractivity contribution in [1.82, 2.24) is 14.6 Å². The summed E-state index contributed by atoms with van der Waals surface area (Å²) in [5.74, 6) is -0.418. The van der Waals surface area contributed by atoms with Crippen LogP contribution in [0.15, 0.2) is 52.2 Å². The SMILES string of the molecule is CC(C)OC(=O)C(C)NP(=O)(OCC1OC(n2ccc(=O)[nH]c2=O)CC1O)Oc1ccccc1. The zero-order chi connectivity index (χ0) is 24.9. The maximum absolute atomic E-state index is 13.5. The maximum Gasteiger partial charge on any atom is 0.459 e. The highest BCUT2D eigenvalue weighted by Crippen LogP contribution is 2.45. The van der Waals surface area contributed by atoms with Crippen LogP contribution < -0.4 is 20.9 Å². The van der Waals surface area contributed by atoms with E-state index in [-0.39, 0.29) is 24.9 Å². The fourth-order valence-corrected chi connectivity index (χ4v) is 4.70. The predicted octanol–water partition coefficient (Wildman–Crippen LogP) is 1.32. The molecule has 13 heteroatoms. The van der Waals surface area contributed by atoms with Crippen LogP contribution in [0.4, 0.5) is 0 Å². The monoisotopic (exact) mass is 497 g/mol. The van der Waals surface area contributed by atoms with Crippen LogP contribution in [0.3, 0.4) is 0 Å². The van der Waals surface area contributed by atoms with E-state index < -0.39 is 49.4 Å². The van der Waals surface area contributed by atoms with Crippen molar-refractivity contribution in [2.45, 2.75) is 57.8 Å². The molecule has 1 aliphatic heterocycles. The molecule has 0 bridgehead atoms. The number of benzene rings is 1. The molecule has 1 aliphatic rings. The number of carbonyl (C=O) groups is 1. The van der Waals surface area contributed by atoms with E-state index in [1.54, 1.807) is 44.2 Å². The van der Waals surface area contributed by atoms with Gasteiger partial charge in [-0.1, -0.05) is 18.2 Å². The van der Waals surface area contributed by atoms with Crippen LogP contribution in [-0.2, 0) is 23.4 Å². The van der Waals surface area contributed by atoms with Gasteiger partial charge in [0.1, 0.15) is 24.1 Å². The Hall–Kier alpha value is -2.76. The van der Waals surface area contributed by atoms with Gasteiger partial charge in [-0.3, -0.25) is 23.7 Å². The van der Waals surface area contributed by atoms with Gasteiger partial charge < -0.3 is 19.1 Å². The summed E-state index contributed by atoms with van der Waals surface area (Å²) in [4.78, 5) is 37.6. The number of hydrogen-bond donors (Lipinski definition) is 3. The average molecular weight is 497 g/mol. The largest absolute Gasteiger partial charge is 0.462 e. The minimum atomic E-state index is -4.14. The van der Waals surface area contributed by atoms with Crippen LogP contribution in [-0.4, -0.2) is 51.6 Å². The third-order valence-corrected chi connectivity index (χ3v) is 6.44. The van der Waals surface area contributed by atoms with Crippen LogP contribution in [0.2, 0.25) is 0 Å². The smallest absolute Gasteiger partial charge is 0.459 e. The summed E-state index contributed by atoms with van der Waals surface area (Å²) < 4.78 is 36.5. The second-order valence-corrected chi connectivity index (χ2v) is 9.68. The van der Waals surface area contributed by atoms with Gasteiger partial charge >= 0.3 is 19.4 Å². The molecule has 2 heterocycles. The molecule has 3 N–H and O–H groups in total. The lowest BCUT2D eigenvalue weighted by Crippen LogP contribution is -2.37. The Morgan fingerprint density at radius 2 is 1.97 bits per heavy atom. The number of H-pyrrole nitrogens is 1. The second-order valence-electron chi connectivity index (χ2n) is 7.98. The van der Waals surface area contributed by atoms with Gasteiger partial charge in [0.2, 0.25) is 0 Å². The van der Waals surface area contributed by atoms with Crippen LogP contribution in [0.1, 0.15) is 33.4 Å². The fraction of sp³-hybridized carbons (Fsp3) is 0.476. The third-order valence-electron chi connectivity index (χ3n) is 4.80. The molecule has 186 valence electrons. The highest BCUT2D eigenvalue weighted by Gasteiger charge is 2.39. The summed E-state index contributed by atoms with van der Waals surface area (Å²) in [6, 6.07) is 8.35. The standard InChI is InChI=1S/C21H28N3O9P/c1-13(2)31-20(27)14(3)23-34(29,33-15-7-5-4-6-8-15)30-12-17-16(25)11-19(32-17)24-10-9-18(26)22-21(24)28/h4-10,13-14,16-17,19,25H,11-12H2,1-3H3,(H,23,29)(H,22,26,28). The summed E-state index contributed by atoms with van der Waals surface area (Å²) in [6.45, 7) is 4.45. The van der Waals surface area contributed by atoms with Crippen LogP contribution in [0.25, 0.3) is 0 Å². The number of ether oxygens (including phenoxy) is 2. The fourth-order valence-electron chi connectivity index (χ4n) is 3.20. The minimum absolute atomic E-state index is 0.0361. The molecule has 12 nitrogen and oxygen atoms in total. The van der Waals surface area contributed by atoms with Gasteiger partial charge in [0, 0.05) is 18.7 Å². The summed E-state index contributed by atoms with van der Waals surface area (Å²) in [6.07, 6.45) is -1.96. The Kier molecular flexibility index (Phi) is 8.45. The first-order valence-corrected chi connectivity index (χ1v) is 12.2. The van der Waals surface area contributed by atoms with E-state index in [2.05, 4.69) is 10.1 Å². The Morgan fingerprint density at radius 3 is 2.62 bits per heavy atom. The molecule has 0 radical (unpaired) electrons. The van der Waals surface area contributed by atoms with E-state index >= 15 is 0 Å². The molecule has 0 saturated carbocycles. The average Bonchev–Trinajstić information content (AvgIpc) is 3.12. The van der Waals surface area contributed by atoms with Crippen molar-refractivity contribution in [2.24, 2.45) is 0 Å². The number of aromatic nitrogens is 2. The van der Waals surface area contributed by atoms with Crippen molar-refractivity contribution in [1.29, 1.82) is 0 Å². The predicted molar refractivity (Wildman–Crippen MR) is 120 cm³/mol. The first-order chi connectivity index (χ1) is 16.1. The first kappa shape index (κ1) is 25.9. The lowest BCUT2D eigenvalue weighted by atomic mass is 10.2. The number of carbonyl (C=O) groups excluding carboxylic acids is 1. The molecule has 5 atom stereocenters. The lowest BCUT2D eigenvalue weighted by molar-refractivity contribution is -0.149. The Labute approximate surface area is 195 Å². The molecule has 0 aliphatic carbocycles. The number of nitrogens with zero attached hydrogens (tertiary/aromatic N) is 1. The molecule has 5 unspecified atom stereocenters. The maximum atomic E-state index is 13.5. The number of esters is 1. The van der Waals surface area contributed by atoms with E-state index in [9.17, 15) is 24.1 Å². The van der Waals surface area contributed by atoms with Crippen molar-refractivity contribution >= 4 is 13.7 Å². The second kappa shape index (κ2) is 11.1. The molecular weight excluding hydrogens is 469 g/mol. The van der Waals surface area contributed by atoms with Gasteiger partial charge in [0.15, 0.2) is 0 Å². The first-order valence-electron chi connectivity index (χ1n) is 10.7. The van der Waals surface area contributed by atoms with Crippen molar-refractivity contribution in [3.63, 3.8) is 0 Å². The zero-order valence-corrected chi connectivity index (χ0v) is 19.8. The van der Waals surface area contributed by atoms with E-state index in [1.165, 1.54) is 13.1 Å². The molecule has 1 aromatic carbocycles. The highest BCUT2D eigenvalue weighted by molar-refractivity contribution is 7.52. The number of aromatic amines is 1. The summed E-state index contributed by atoms with van der Waals surface area (Å²) in [5, 5.41) is 13.0. The van der Waals surface area contributed by atoms with Crippen molar-refractivity contribution in [2.75, 3.05) is 6.61 Å². The van der Waals surface area contributed by atoms with Crippen LogP contribution >= 0.6 is 7.75 Å². The van der Waals surface area contributed by atoms with Gasteiger partial charge in [-0.05, 0) is 32.9 Å². The molecule has 2 aromatic rings. The third kappa shape index (κ3) is 6.87. The quantitative estimate of drug-likeness (QED) is 0.323. The van der Waals surface area contributed by atoms with Gasteiger partial charge in [-0.15, -0.1) is 0 Å². The molecule has 3 rings (SSSR count). The number of aliphatic hydroxyl groups is 1. The topological polar surface area (TPSA) is 158 Å². The number of aliphatic hydroxyl groups excluding tert-OH is 1. The molecule has 0 amide bonds. The zero-order valence-electron chi connectivity index (χ0n) is 19.0. The van der Waals surface area contributed by atoms with Crippen LogP contribution in [0.5, 0.6) is 5.75 Å². The van der Waals surface area contributed by atoms with Gasteiger partial charge in [0.05, 0.1) is 18.8 Å². The van der Waals surface area contributed by atoms with E-state index in [0.717, 1.165) is 10.6 Å². The summed E-state index contributed by atoms with van der Waals surface area (Å²) in [7, 11) is -4.14. The van der Waals surface area contributed by atoms with Crippen molar-refractivity contribution in [3.05, 3.63) is 63.4 Å². The van der Waals surface area contributed by atoms with Gasteiger partial charge in [-0.25, -0.2) is 9.36 Å². The number of hydrogen-bond acceptors (Lipinski definition) is 9. The Bertz CT molecular complexity index is 1130. The summed E-state index contributed by atoms with van der Waals surface area (Å²) in [5.41, 5.74) is -1.25. The molecule has 34 heavy (non-hydrogen) atoms. The van der Waals surface area contributed by atoms with E-state index in [1.807, 2.05) is 0 Å². The van der Waals surface area contributed by atoms with Crippen molar-refractivity contribution in [3.8, 4) is 5.75 Å². The minimum Gasteiger partial charge on any atom is -0.462 e. The molecule has 1 aromatic heterocycles. The lowest BCUT2D eigenvalue weighted by Gasteiger charge is -2.25. The molecule has 0 spiro atoms. The van der Waals surface area contributed by atoms with Crippen molar-refractivity contribution < 1.29 is 33.0 Å². The normalized spacial score (nSPS) is 22.8. The number of nitrogens with one attached hydrogen (secondary N) is 2. The molecule has 1 saturated heterocycles. The van der Waals surface area contributed by atoms with E-state index in [4.69, 9.17) is 18.5 Å².